The minimum atomic E-state index is -0.711. The lowest BCUT2D eigenvalue weighted by molar-refractivity contribution is -0.146. The zero-order valence-electron chi connectivity index (χ0n) is 10.3. The quantitative estimate of drug-likeness (QED) is 0.650. The monoisotopic (exact) mass is 277 g/mol. The van der Waals surface area contributed by atoms with Crippen LogP contribution in [0.5, 0.6) is 5.75 Å². The van der Waals surface area contributed by atoms with Crippen molar-refractivity contribution in [2.45, 2.75) is 6.04 Å². The number of esters is 1. The zero-order chi connectivity index (χ0) is 13.5. The Morgan fingerprint density at radius 3 is 2.63 bits per heavy atom. The van der Waals surface area contributed by atoms with Crippen molar-refractivity contribution in [1.82, 2.24) is 0 Å². The Kier molecular flexibility index (Phi) is 4.94. The molecular weight excluding hydrogens is 262 g/mol. The molecule has 0 aliphatic heterocycles. The van der Waals surface area contributed by atoms with Crippen LogP contribution in [0.3, 0.4) is 0 Å². The number of rotatable bonds is 6. The molecule has 0 saturated carbocycles. The average molecular weight is 277 g/mol. The van der Waals surface area contributed by atoms with Gasteiger partial charge in [0.2, 0.25) is 0 Å². The minimum absolute atomic E-state index is 0.187. The van der Waals surface area contributed by atoms with E-state index in [1.54, 1.807) is 0 Å². The third kappa shape index (κ3) is 4.08. The second-order valence-electron chi connectivity index (χ2n) is 3.82. The van der Waals surface area contributed by atoms with Gasteiger partial charge >= 0.3 is 5.97 Å². The number of thiophene rings is 1. The Morgan fingerprint density at radius 1 is 1.16 bits per heavy atom. The Morgan fingerprint density at radius 2 is 1.95 bits per heavy atom. The molecule has 4 nitrogen and oxygen atoms in total. The molecule has 2 N–H and O–H groups in total. The lowest BCUT2D eigenvalue weighted by atomic mass is 10.2. The van der Waals surface area contributed by atoms with E-state index in [2.05, 4.69) is 0 Å². The Labute approximate surface area is 115 Å². The predicted octanol–water partition coefficient (Wildman–Crippen LogP) is 2.37. The normalized spacial score (nSPS) is 11.8. The van der Waals surface area contributed by atoms with E-state index >= 15 is 0 Å². The van der Waals surface area contributed by atoms with E-state index in [9.17, 15) is 4.79 Å². The van der Waals surface area contributed by atoms with Crippen molar-refractivity contribution in [3.63, 3.8) is 0 Å². The first-order valence-electron chi connectivity index (χ1n) is 5.91. The molecule has 1 unspecified atom stereocenters. The topological polar surface area (TPSA) is 61.6 Å². The Balaban J connectivity index is 1.70. The first-order chi connectivity index (χ1) is 9.27. The van der Waals surface area contributed by atoms with Crippen molar-refractivity contribution in [2.24, 2.45) is 5.73 Å². The van der Waals surface area contributed by atoms with Crippen LogP contribution in [0.4, 0.5) is 0 Å². The number of hydrogen-bond donors (Lipinski definition) is 1. The molecule has 0 aliphatic carbocycles. The standard InChI is InChI=1S/C14H15NO3S/c15-13(12-7-4-10-19-12)14(16)18-9-8-17-11-5-2-1-3-6-11/h1-7,10,13H,8-9,15H2. The third-order valence-corrected chi connectivity index (χ3v) is 3.40. The molecule has 1 aromatic carbocycles. The second kappa shape index (κ2) is 6.92. The molecule has 1 aromatic heterocycles. The number of benzene rings is 1. The summed E-state index contributed by atoms with van der Waals surface area (Å²) in [6, 6.07) is 12.3. The smallest absolute Gasteiger partial charge is 0.328 e. The molecule has 5 heteroatoms. The van der Waals surface area contributed by atoms with E-state index in [1.165, 1.54) is 11.3 Å². The van der Waals surface area contributed by atoms with Crippen molar-refractivity contribution < 1.29 is 14.3 Å². The molecule has 2 rings (SSSR count). The number of ether oxygens (including phenoxy) is 2. The molecule has 0 saturated heterocycles. The molecule has 0 spiro atoms. The van der Waals surface area contributed by atoms with Crippen LogP contribution in [0.25, 0.3) is 0 Å². The fourth-order valence-corrected chi connectivity index (χ4v) is 2.21. The van der Waals surface area contributed by atoms with Crippen LogP contribution >= 0.6 is 11.3 Å². The molecule has 0 bridgehead atoms. The highest BCUT2D eigenvalue weighted by Crippen LogP contribution is 2.17. The van der Waals surface area contributed by atoms with Crippen LogP contribution in [-0.4, -0.2) is 19.2 Å². The van der Waals surface area contributed by atoms with Crippen LogP contribution in [0.15, 0.2) is 47.8 Å². The summed E-state index contributed by atoms with van der Waals surface area (Å²) < 4.78 is 10.5. The average Bonchev–Trinajstić information content (AvgIpc) is 2.98. The van der Waals surface area contributed by atoms with Gasteiger partial charge in [0.05, 0.1) is 0 Å². The van der Waals surface area contributed by atoms with Gasteiger partial charge in [0.1, 0.15) is 25.0 Å². The van der Waals surface area contributed by atoms with Gasteiger partial charge in [-0.15, -0.1) is 11.3 Å². The lowest BCUT2D eigenvalue weighted by Crippen LogP contribution is -2.24. The predicted molar refractivity (Wildman–Crippen MR) is 74.1 cm³/mol. The van der Waals surface area contributed by atoms with Crippen LogP contribution in [0.1, 0.15) is 10.9 Å². The highest BCUT2D eigenvalue weighted by Gasteiger charge is 2.17. The molecule has 2 aromatic rings. The largest absolute Gasteiger partial charge is 0.490 e. The van der Waals surface area contributed by atoms with E-state index < -0.39 is 12.0 Å². The number of hydrogen-bond acceptors (Lipinski definition) is 5. The maximum Gasteiger partial charge on any atom is 0.328 e. The molecular formula is C14H15NO3S. The first kappa shape index (κ1) is 13.6. The van der Waals surface area contributed by atoms with Crippen molar-refractivity contribution in [1.29, 1.82) is 0 Å². The van der Waals surface area contributed by atoms with Crippen LogP contribution < -0.4 is 10.5 Å². The maximum absolute atomic E-state index is 11.7. The van der Waals surface area contributed by atoms with E-state index in [0.717, 1.165) is 10.6 Å². The fourth-order valence-electron chi connectivity index (χ4n) is 1.49. The lowest BCUT2D eigenvalue weighted by Gasteiger charge is -2.10. The highest BCUT2D eigenvalue weighted by atomic mass is 32.1. The molecule has 0 aliphatic rings. The summed E-state index contributed by atoms with van der Waals surface area (Å²) in [5.74, 6) is 0.320. The summed E-state index contributed by atoms with van der Waals surface area (Å²) in [4.78, 5) is 12.5. The summed E-state index contributed by atoms with van der Waals surface area (Å²) in [6.45, 7) is 0.500. The number of carbonyl (C=O) groups excluding carboxylic acids is 1. The first-order valence-corrected chi connectivity index (χ1v) is 6.79. The SMILES string of the molecule is NC(C(=O)OCCOc1ccccc1)c1cccs1. The van der Waals surface area contributed by atoms with Crippen molar-refractivity contribution in [3.8, 4) is 5.75 Å². The van der Waals surface area contributed by atoms with Crippen molar-refractivity contribution in [3.05, 3.63) is 52.7 Å². The Bertz CT molecular complexity index is 499. The van der Waals surface area contributed by atoms with E-state index in [1.807, 2.05) is 47.8 Å². The van der Waals surface area contributed by atoms with Gasteiger partial charge in [0, 0.05) is 4.88 Å². The number of para-hydroxylation sites is 1. The van der Waals surface area contributed by atoms with Gasteiger partial charge in [-0.1, -0.05) is 24.3 Å². The minimum Gasteiger partial charge on any atom is -0.490 e. The Hall–Kier alpha value is -1.85. The van der Waals surface area contributed by atoms with Crippen LogP contribution in [0, 0.1) is 0 Å². The second-order valence-corrected chi connectivity index (χ2v) is 4.80. The molecule has 0 fully saturated rings. The van der Waals surface area contributed by atoms with Gasteiger partial charge < -0.3 is 15.2 Å². The molecule has 0 radical (unpaired) electrons. The molecule has 1 heterocycles. The molecule has 1 atom stereocenters. The maximum atomic E-state index is 11.7. The van der Waals surface area contributed by atoms with Gasteiger partial charge in [-0.2, -0.15) is 0 Å². The van der Waals surface area contributed by atoms with Gasteiger partial charge in [-0.25, -0.2) is 4.79 Å². The molecule has 0 amide bonds. The summed E-state index contributed by atoms with van der Waals surface area (Å²) in [6.07, 6.45) is 0. The highest BCUT2D eigenvalue weighted by molar-refractivity contribution is 7.10. The third-order valence-electron chi connectivity index (χ3n) is 2.44. The summed E-state index contributed by atoms with van der Waals surface area (Å²) in [5.41, 5.74) is 5.77. The van der Waals surface area contributed by atoms with Crippen molar-refractivity contribution in [2.75, 3.05) is 13.2 Å². The summed E-state index contributed by atoms with van der Waals surface area (Å²) in [7, 11) is 0. The number of carbonyl (C=O) groups is 1. The van der Waals surface area contributed by atoms with Crippen LogP contribution in [0.2, 0.25) is 0 Å². The van der Waals surface area contributed by atoms with E-state index in [-0.39, 0.29) is 6.61 Å². The van der Waals surface area contributed by atoms with Gasteiger partial charge in [-0.3, -0.25) is 0 Å². The van der Waals surface area contributed by atoms with E-state index in [0.29, 0.717) is 6.61 Å². The zero-order valence-corrected chi connectivity index (χ0v) is 11.1. The summed E-state index contributed by atoms with van der Waals surface area (Å²) >= 11 is 1.44. The number of nitrogens with two attached hydrogens (primary N) is 1. The van der Waals surface area contributed by atoms with Gasteiger partial charge in [0.25, 0.3) is 0 Å². The molecule has 19 heavy (non-hydrogen) atoms. The van der Waals surface area contributed by atoms with Gasteiger partial charge in [0.15, 0.2) is 0 Å². The van der Waals surface area contributed by atoms with E-state index in [4.69, 9.17) is 15.2 Å². The van der Waals surface area contributed by atoms with Crippen molar-refractivity contribution >= 4 is 17.3 Å². The molecule has 100 valence electrons. The fraction of sp³-hybridized carbons (Fsp3) is 0.214. The van der Waals surface area contributed by atoms with Crippen LogP contribution in [-0.2, 0) is 9.53 Å². The summed E-state index contributed by atoms with van der Waals surface area (Å²) in [5, 5.41) is 1.88. The van der Waals surface area contributed by atoms with Gasteiger partial charge in [-0.05, 0) is 23.6 Å².